The fraction of sp³-hybridized carbons (Fsp3) is 0.571. The van der Waals surface area contributed by atoms with Crippen LogP contribution in [-0.2, 0) is 4.74 Å². The fourth-order valence-corrected chi connectivity index (χ4v) is 2.88. The van der Waals surface area contributed by atoms with Crippen molar-refractivity contribution in [2.75, 3.05) is 45.1 Å². The van der Waals surface area contributed by atoms with Gasteiger partial charge in [-0.2, -0.15) is 0 Å². The third-order valence-electron chi connectivity index (χ3n) is 4.05. The van der Waals surface area contributed by atoms with Gasteiger partial charge in [-0.05, 0) is 18.6 Å². The van der Waals surface area contributed by atoms with Crippen LogP contribution in [0.4, 0.5) is 5.82 Å². The molecule has 3 rings (SSSR count). The van der Waals surface area contributed by atoms with Crippen LogP contribution in [0.15, 0.2) is 18.3 Å². The van der Waals surface area contributed by atoms with Crippen molar-refractivity contribution in [3.8, 4) is 0 Å². The van der Waals surface area contributed by atoms with E-state index in [1.54, 1.807) is 18.3 Å². The first-order valence-corrected chi connectivity index (χ1v) is 7.06. The van der Waals surface area contributed by atoms with Gasteiger partial charge in [0.15, 0.2) is 0 Å². The average Bonchev–Trinajstić information content (AvgIpc) is 2.98. The number of likely N-dealkylation sites (tertiary alicyclic amines) is 1. The highest BCUT2D eigenvalue weighted by Crippen LogP contribution is 2.19. The number of carbonyl (C=O) groups is 1. The minimum absolute atomic E-state index is 0.0493. The Morgan fingerprint density at radius 2 is 2.10 bits per heavy atom. The summed E-state index contributed by atoms with van der Waals surface area (Å²) in [6.07, 6.45) is 2.59. The number of nitrogens with zero attached hydrogens (tertiary/aromatic N) is 3. The summed E-state index contributed by atoms with van der Waals surface area (Å²) in [6.45, 7) is 5.14. The van der Waals surface area contributed by atoms with Crippen LogP contribution in [0.3, 0.4) is 0 Å². The molecule has 2 aliphatic heterocycles. The van der Waals surface area contributed by atoms with E-state index in [0.29, 0.717) is 17.4 Å². The van der Waals surface area contributed by atoms with Crippen molar-refractivity contribution in [3.05, 3.63) is 23.9 Å². The van der Waals surface area contributed by atoms with Crippen LogP contribution in [0.2, 0.25) is 0 Å². The number of hydrogen-bond donors (Lipinski definition) is 1. The van der Waals surface area contributed by atoms with Crippen LogP contribution in [0.5, 0.6) is 0 Å². The summed E-state index contributed by atoms with van der Waals surface area (Å²) in [4.78, 5) is 20.7. The number of nitrogen functional groups attached to an aromatic ring is 1. The molecule has 3 heterocycles. The molecule has 1 unspecified atom stereocenters. The maximum absolute atomic E-state index is 12.4. The Hall–Kier alpha value is -1.66. The summed E-state index contributed by atoms with van der Waals surface area (Å²) in [6, 6.07) is 3.87. The molecule has 2 fully saturated rings. The van der Waals surface area contributed by atoms with E-state index in [4.69, 9.17) is 10.5 Å². The third-order valence-corrected chi connectivity index (χ3v) is 4.05. The van der Waals surface area contributed by atoms with Crippen LogP contribution in [0.25, 0.3) is 0 Å². The van der Waals surface area contributed by atoms with Gasteiger partial charge in [-0.3, -0.25) is 9.69 Å². The molecule has 0 aromatic carbocycles. The third kappa shape index (κ3) is 2.76. The van der Waals surface area contributed by atoms with Gasteiger partial charge in [0.05, 0.1) is 18.8 Å². The standard InChI is InChI=1S/C14H20N4O2/c15-13-2-1-11(9-16-13)14(19)18-4-3-12(10-18)17-5-7-20-8-6-17/h1-2,9,12H,3-8,10H2,(H2,15,16). The van der Waals surface area contributed by atoms with Gasteiger partial charge in [-0.1, -0.05) is 0 Å². The van der Waals surface area contributed by atoms with Gasteiger partial charge in [0.2, 0.25) is 0 Å². The number of morpholine rings is 1. The number of carbonyl (C=O) groups excluding carboxylic acids is 1. The van der Waals surface area contributed by atoms with Crippen molar-refractivity contribution in [2.45, 2.75) is 12.5 Å². The topological polar surface area (TPSA) is 71.7 Å². The zero-order valence-electron chi connectivity index (χ0n) is 11.5. The largest absolute Gasteiger partial charge is 0.384 e. The van der Waals surface area contributed by atoms with Crippen LogP contribution >= 0.6 is 0 Å². The van der Waals surface area contributed by atoms with Crippen molar-refractivity contribution >= 4 is 11.7 Å². The first-order valence-electron chi connectivity index (χ1n) is 7.06. The number of pyridine rings is 1. The number of hydrogen-bond acceptors (Lipinski definition) is 5. The second kappa shape index (κ2) is 5.76. The molecule has 0 aliphatic carbocycles. The molecule has 2 saturated heterocycles. The maximum Gasteiger partial charge on any atom is 0.255 e. The quantitative estimate of drug-likeness (QED) is 0.836. The SMILES string of the molecule is Nc1ccc(C(=O)N2CCC(N3CCOCC3)C2)cn1. The second-order valence-corrected chi connectivity index (χ2v) is 5.31. The Balaban J connectivity index is 1.61. The Morgan fingerprint density at radius 3 is 2.80 bits per heavy atom. The highest BCUT2D eigenvalue weighted by molar-refractivity contribution is 5.94. The van der Waals surface area contributed by atoms with Gasteiger partial charge in [-0.25, -0.2) is 4.98 Å². The summed E-state index contributed by atoms with van der Waals surface area (Å²) in [7, 11) is 0. The van der Waals surface area contributed by atoms with Crippen LogP contribution in [0, 0.1) is 0 Å². The first-order chi connectivity index (χ1) is 9.74. The summed E-state index contributed by atoms with van der Waals surface area (Å²) in [5.74, 6) is 0.488. The summed E-state index contributed by atoms with van der Waals surface area (Å²) < 4.78 is 5.37. The van der Waals surface area contributed by atoms with E-state index in [-0.39, 0.29) is 5.91 Å². The Labute approximate surface area is 118 Å². The molecule has 1 atom stereocenters. The number of ether oxygens (including phenoxy) is 1. The monoisotopic (exact) mass is 276 g/mol. The Bertz CT molecular complexity index is 471. The number of amides is 1. The lowest BCUT2D eigenvalue weighted by Crippen LogP contribution is -2.45. The van der Waals surface area contributed by atoms with Gasteiger partial charge in [0.1, 0.15) is 5.82 Å². The lowest BCUT2D eigenvalue weighted by Gasteiger charge is -2.32. The number of rotatable bonds is 2. The number of aromatic nitrogens is 1. The van der Waals surface area contributed by atoms with Crippen molar-refractivity contribution < 1.29 is 9.53 Å². The molecule has 1 aromatic rings. The van der Waals surface area contributed by atoms with E-state index in [0.717, 1.165) is 45.8 Å². The molecule has 6 nitrogen and oxygen atoms in total. The molecular formula is C14H20N4O2. The Kier molecular flexibility index (Phi) is 3.84. The van der Waals surface area contributed by atoms with Crippen LogP contribution in [0.1, 0.15) is 16.8 Å². The second-order valence-electron chi connectivity index (χ2n) is 5.31. The zero-order valence-corrected chi connectivity index (χ0v) is 11.5. The van der Waals surface area contributed by atoms with Gasteiger partial charge in [0.25, 0.3) is 5.91 Å². The van der Waals surface area contributed by atoms with Gasteiger partial charge >= 0.3 is 0 Å². The van der Waals surface area contributed by atoms with Crippen molar-refractivity contribution in [1.29, 1.82) is 0 Å². The van der Waals surface area contributed by atoms with E-state index in [1.165, 1.54) is 0 Å². The molecule has 1 aromatic heterocycles. The molecule has 0 saturated carbocycles. The molecule has 2 N–H and O–H groups in total. The van der Waals surface area contributed by atoms with Crippen LogP contribution < -0.4 is 5.73 Å². The van der Waals surface area contributed by atoms with E-state index >= 15 is 0 Å². The molecule has 0 bridgehead atoms. The lowest BCUT2D eigenvalue weighted by atomic mass is 10.2. The van der Waals surface area contributed by atoms with Gasteiger partial charge < -0.3 is 15.4 Å². The first kappa shape index (κ1) is 13.3. The Morgan fingerprint density at radius 1 is 1.30 bits per heavy atom. The molecular weight excluding hydrogens is 256 g/mol. The van der Waals surface area contributed by atoms with Crippen molar-refractivity contribution in [3.63, 3.8) is 0 Å². The average molecular weight is 276 g/mol. The lowest BCUT2D eigenvalue weighted by molar-refractivity contribution is 0.0185. The highest BCUT2D eigenvalue weighted by atomic mass is 16.5. The normalized spacial score (nSPS) is 24.0. The smallest absolute Gasteiger partial charge is 0.255 e. The summed E-state index contributed by atoms with van der Waals surface area (Å²) in [5, 5.41) is 0. The molecule has 6 heteroatoms. The molecule has 0 spiro atoms. The van der Waals surface area contributed by atoms with E-state index in [2.05, 4.69) is 9.88 Å². The highest BCUT2D eigenvalue weighted by Gasteiger charge is 2.31. The van der Waals surface area contributed by atoms with Crippen molar-refractivity contribution in [2.24, 2.45) is 0 Å². The molecule has 1 amide bonds. The summed E-state index contributed by atoms with van der Waals surface area (Å²) in [5.41, 5.74) is 6.16. The van der Waals surface area contributed by atoms with Crippen LogP contribution in [-0.4, -0.2) is 66.1 Å². The predicted octanol–water partition coefficient (Wildman–Crippen LogP) is 0.211. The molecule has 20 heavy (non-hydrogen) atoms. The molecule has 0 radical (unpaired) electrons. The van der Waals surface area contributed by atoms with Gasteiger partial charge in [-0.15, -0.1) is 0 Å². The predicted molar refractivity (Wildman–Crippen MR) is 75.3 cm³/mol. The maximum atomic E-state index is 12.4. The molecule has 2 aliphatic rings. The summed E-state index contributed by atoms with van der Waals surface area (Å²) >= 11 is 0. The van der Waals surface area contributed by atoms with Crippen molar-refractivity contribution in [1.82, 2.24) is 14.8 Å². The minimum Gasteiger partial charge on any atom is -0.384 e. The van der Waals surface area contributed by atoms with E-state index in [1.807, 2.05) is 4.90 Å². The minimum atomic E-state index is 0.0493. The zero-order chi connectivity index (χ0) is 13.9. The number of nitrogens with two attached hydrogens (primary N) is 1. The fourth-order valence-electron chi connectivity index (χ4n) is 2.88. The number of anilines is 1. The molecule has 108 valence electrons. The van der Waals surface area contributed by atoms with E-state index in [9.17, 15) is 4.79 Å². The van der Waals surface area contributed by atoms with E-state index < -0.39 is 0 Å². The van der Waals surface area contributed by atoms with Gasteiger partial charge in [0, 0.05) is 38.4 Å².